The van der Waals surface area contributed by atoms with Crippen molar-refractivity contribution in [2.75, 3.05) is 20.3 Å². The topological polar surface area (TPSA) is 69.0 Å². The highest BCUT2D eigenvalue weighted by molar-refractivity contribution is 5.96. The molecule has 0 aliphatic carbocycles. The van der Waals surface area contributed by atoms with Gasteiger partial charge in [0.1, 0.15) is 5.58 Å². The van der Waals surface area contributed by atoms with Crippen LogP contribution in [0.5, 0.6) is 0 Å². The number of benzene rings is 1. The third kappa shape index (κ3) is 3.69. The minimum atomic E-state index is -0.638. The molecule has 0 N–H and O–H groups in total. The van der Waals surface area contributed by atoms with Gasteiger partial charge < -0.3 is 18.8 Å². The van der Waals surface area contributed by atoms with Crippen LogP contribution in [-0.2, 0) is 20.9 Å². The van der Waals surface area contributed by atoms with Crippen molar-refractivity contribution in [3.8, 4) is 0 Å². The summed E-state index contributed by atoms with van der Waals surface area (Å²) >= 11 is 0. The highest BCUT2D eigenvalue weighted by atomic mass is 16.5. The molecule has 2 heterocycles. The van der Waals surface area contributed by atoms with Gasteiger partial charge in [-0.3, -0.25) is 4.79 Å². The van der Waals surface area contributed by atoms with Crippen molar-refractivity contribution in [1.29, 1.82) is 0 Å². The van der Waals surface area contributed by atoms with Gasteiger partial charge in [0.05, 0.1) is 6.61 Å². The molecule has 3 rings (SSSR count). The number of carbonyl (C=O) groups excluding carboxylic acids is 2. The lowest BCUT2D eigenvalue weighted by molar-refractivity contribution is -0.137. The van der Waals surface area contributed by atoms with Gasteiger partial charge in [-0.1, -0.05) is 18.2 Å². The van der Waals surface area contributed by atoms with Gasteiger partial charge in [0.15, 0.2) is 6.61 Å². The van der Waals surface area contributed by atoms with Crippen molar-refractivity contribution in [1.82, 2.24) is 4.90 Å². The normalized spacial score (nSPS) is 17.7. The first-order valence-electron chi connectivity index (χ1n) is 8.57. The molecule has 25 heavy (non-hydrogen) atoms. The van der Waals surface area contributed by atoms with Gasteiger partial charge in [-0.05, 0) is 32.3 Å². The van der Waals surface area contributed by atoms with Gasteiger partial charge in [0.2, 0.25) is 5.76 Å². The molecule has 0 radical (unpaired) electrons. The predicted molar refractivity (Wildman–Crippen MR) is 92.2 cm³/mol. The van der Waals surface area contributed by atoms with Gasteiger partial charge in [-0.2, -0.15) is 0 Å². The zero-order valence-corrected chi connectivity index (χ0v) is 14.6. The van der Waals surface area contributed by atoms with E-state index in [-0.39, 0.29) is 30.9 Å². The highest BCUT2D eigenvalue weighted by Gasteiger charge is 2.26. The summed E-state index contributed by atoms with van der Waals surface area (Å²) in [4.78, 5) is 26.5. The second-order valence-corrected chi connectivity index (χ2v) is 6.35. The lowest BCUT2D eigenvalue weighted by atomic mass is 10.0. The molecule has 6 heteroatoms. The van der Waals surface area contributed by atoms with Crippen LogP contribution in [0.1, 0.15) is 42.3 Å². The SMILES string of the molecule is COCc1c(C(=O)OCC(=O)N2CCCCC2C)oc2ccccc12. The number of furan rings is 1. The number of ether oxygens (including phenoxy) is 2. The zero-order valence-electron chi connectivity index (χ0n) is 14.6. The van der Waals surface area contributed by atoms with E-state index in [1.165, 1.54) is 0 Å². The molecule has 6 nitrogen and oxygen atoms in total. The lowest BCUT2D eigenvalue weighted by Crippen LogP contribution is -2.44. The molecule has 1 aromatic carbocycles. The fraction of sp³-hybridized carbons (Fsp3) is 0.474. The van der Waals surface area contributed by atoms with Crippen LogP contribution in [0.2, 0.25) is 0 Å². The van der Waals surface area contributed by atoms with Crippen LogP contribution in [0.15, 0.2) is 28.7 Å². The van der Waals surface area contributed by atoms with Crippen LogP contribution >= 0.6 is 0 Å². The standard InChI is InChI=1S/C19H23NO5/c1-13-7-5-6-10-20(13)17(21)12-24-19(22)18-15(11-23-2)14-8-3-4-9-16(14)25-18/h3-4,8-9,13H,5-7,10-12H2,1-2H3. The molecule has 0 bridgehead atoms. The number of nitrogens with zero attached hydrogens (tertiary/aromatic N) is 1. The van der Waals surface area contributed by atoms with Crippen LogP contribution in [0, 0.1) is 0 Å². The van der Waals surface area contributed by atoms with Gasteiger partial charge in [-0.25, -0.2) is 4.79 Å². The predicted octanol–water partition coefficient (Wildman–Crippen LogP) is 3.14. The maximum Gasteiger partial charge on any atom is 0.375 e. The molecule has 1 unspecified atom stereocenters. The molecule has 1 atom stereocenters. The van der Waals surface area contributed by atoms with Crippen molar-refractivity contribution in [2.45, 2.75) is 38.8 Å². The van der Waals surface area contributed by atoms with E-state index in [1.807, 2.05) is 25.1 Å². The van der Waals surface area contributed by atoms with Crippen molar-refractivity contribution in [3.63, 3.8) is 0 Å². The molecule has 1 aliphatic heterocycles. The Labute approximate surface area is 146 Å². The molecular formula is C19H23NO5. The molecule has 1 saturated heterocycles. The van der Waals surface area contributed by atoms with Crippen molar-refractivity contribution in [3.05, 3.63) is 35.6 Å². The molecular weight excluding hydrogens is 322 g/mol. The summed E-state index contributed by atoms with van der Waals surface area (Å²) in [7, 11) is 1.55. The fourth-order valence-electron chi connectivity index (χ4n) is 3.30. The van der Waals surface area contributed by atoms with Gasteiger partial charge in [0.25, 0.3) is 5.91 Å². The van der Waals surface area contributed by atoms with E-state index < -0.39 is 5.97 Å². The Morgan fingerprint density at radius 1 is 1.28 bits per heavy atom. The first-order valence-corrected chi connectivity index (χ1v) is 8.57. The number of rotatable bonds is 5. The maximum atomic E-state index is 12.4. The monoisotopic (exact) mass is 345 g/mol. The third-order valence-electron chi connectivity index (χ3n) is 4.62. The number of fused-ring (bicyclic) bond motifs is 1. The van der Waals surface area contributed by atoms with E-state index in [0.717, 1.165) is 31.2 Å². The van der Waals surface area contributed by atoms with Gasteiger partial charge in [0, 0.05) is 30.6 Å². The summed E-state index contributed by atoms with van der Waals surface area (Å²) in [6, 6.07) is 7.54. The summed E-state index contributed by atoms with van der Waals surface area (Å²) in [5.74, 6) is -0.700. The first-order chi connectivity index (χ1) is 12.1. The lowest BCUT2D eigenvalue weighted by Gasteiger charge is -2.33. The number of esters is 1. The van der Waals surface area contributed by atoms with Crippen LogP contribution in [-0.4, -0.2) is 43.1 Å². The van der Waals surface area contributed by atoms with E-state index in [1.54, 1.807) is 18.1 Å². The summed E-state index contributed by atoms with van der Waals surface area (Å²) in [6.45, 7) is 2.71. The van der Waals surface area contributed by atoms with Crippen molar-refractivity contribution < 1.29 is 23.5 Å². The zero-order chi connectivity index (χ0) is 17.8. The minimum Gasteiger partial charge on any atom is -0.450 e. The molecule has 1 aliphatic rings. The average Bonchev–Trinajstić information content (AvgIpc) is 2.99. The quantitative estimate of drug-likeness (QED) is 0.779. The molecule has 134 valence electrons. The molecule has 1 fully saturated rings. The Morgan fingerprint density at radius 2 is 2.08 bits per heavy atom. The summed E-state index contributed by atoms with van der Waals surface area (Å²) in [6.07, 6.45) is 3.11. The first kappa shape index (κ1) is 17.5. The Kier molecular flexibility index (Phi) is 5.38. The largest absolute Gasteiger partial charge is 0.450 e. The number of hydrogen-bond acceptors (Lipinski definition) is 5. The smallest absolute Gasteiger partial charge is 0.375 e. The van der Waals surface area contributed by atoms with Crippen LogP contribution in [0.4, 0.5) is 0 Å². The van der Waals surface area contributed by atoms with E-state index in [4.69, 9.17) is 13.9 Å². The Morgan fingerprint density at radius 3 is 2.84 bits per heavy atom. The molecule has 2 aromatic rings. The number of likely N-dealkylation sites (tertiary alicyclic amines) is 1. The molecule has 1 amide bonds. The number of hydrogen-bond donors (Lipinski definition) is 0. The highest BCUT2D eigenvalue weighted by Crippen LogP contribution is 2.27. The average molecular weight is 345 g/mol. The van der Waals surface area contributed by atoms with Crippen molar-refractivity contribution >= 4 is 22.8 Å². The van der Waals surface area contributed by atoms with Gasteiger partial charge >= 0.3 is 5.97 Å². The number of amides is 1. The number of carbonyl (C=O) groups is 2. The number of methoxy groups -OCH3 is 1. The molecule has 0 saturated carbocycles. The molecule has 0 spiro atoms. The van der Waals surface area contributed by atoms with Gasteiger partial charge in [-0.15, -0.1) is 0 Å². The maximum absolute atomic E-state index is 12.4. The Balaban J connectivity index is 1.71. The van der Waals surface area contributed by atoms with E-state index in [0.29, 0.717) is 11.1 Å². The number of para-hydroxylation sites is 1. The Bertz CT molecular complexity index is 766. The summed E-state index contributed by atoms with van der Waals surface area (Å²) in [5.41, 5.74) is 1.24. The number of piperidine rings is 1. The second kappa shape index (κ2) is 7.70. The third-order valence-corrected chi connectivity index (χ3v) is 4.62. The Hall–Kier alpha value is -2.34. The van der Waals surface area contributed by atoms with Crippen LogP contribution in [0.25, 0.3) is 11.0 Å². The van der Waals surface area contributed by atoms with Crippen LogP contribution in [0.3, 0.4) is 0 Å². The van der Waals surface area contributed by atoms with Crippen LogP contribution < -0.4 is 0 Å². The van der Waals surface area contributed by atoms with E-state index in [9.17, 15) is 9.59 Å². The van der Waals surface area contributed by atoms with E-state index >= 15 is 0 Å². The van der Waals surface area contributed by atoms with E-state index in [2.05, 4.69) is 0 Å². The fourth-order valence-corrected chi connectivity index (χ4v) is 3.30. The van der Waals surface area contributed by atoms with Crippen molar-refractivity contribution in [2.24, 2.45) is 0 Å². The summed E-state index contributed by atoms with van der Waals surface area (Å²) < 4.78 is 16.0. The molecule has 1 aromatic heterocycles. The summed E-state index contributed by atoms with van der Waals surface area (Å²) in [5, 5.41) is 0.812. The minimum absolute atomic E-state index is 0.0996. The second-order valence-electron chi connectivity index (χ2n) is 6.35.